The van der Waals surface area contributed by atoms with Gasteiger partial charge in [0.1, 0.15) is 0 Å². The number of imidazole rings is 1. The van der Waals surface area contributed by atoms with Crippen LogP contribution >= 0.6 is 0 Å². The van der Waals surface area contributed by atoms with E-state index in [0.29, 0.717) is 0 Å². The molecule has 0 aromatic carbocycles. The van der Waals surface area contributed by atoms with Crippen molar-refractivity contribution in [2.45, 2.75) is 195 Å². The molecule has 1 atom stereocenters. The van der Waals surface area contributed by atoms with Gasteiger partial charge in [0, 0.05) is 84.6 Å². The van der Waals surface area contributed by atoms with E-state index in [1.54, 1.807) is 0 Å². The van der Waals surface area contributed by atoms with Crippen LogP contribution in [0.25, 0.3) is 74.4 Å². The molecule has 11 rings (SSSR count). The van der Waals surface area contributed by atoms with E-state index in [2.05, 4.69) is 167 Å². The molecule has 6 aromatic rings. The number of aromatic amines is 4. The third-order valence-corrected chi connectivity index (χ3v) is 17.6. The Kier molecular flexibility index (Phi) is 18.6. The third-order valence-electron chi connectivity index (χ3n) is 17.6. The zero-order valence-corrected chi connectivity index (χ0v) is 49.8. The molecule has 16 bridgehead atoms. The zero-order chi connectivity index (χ0) is 56.2. The van der Waals surface area contributed by atoms with Crippen molar-refractivity contribution in [2.75, 3.05) is 0 Å². The average molecular weight is 1090 g/mol. The number of allylic oxidation sites excluding steroid dienone is 4. The number of rotatable bonds is 26. The molecule has 10 heteroatoms. The molecule has 5 aliphatic heterocycles. The number of nitrogens with zero attached hydrogens (tertiary/aromatic N) is 5. The van der Waals surface area contributed by atoms with Crippen LogP contribution in [0.3, 0.4) is 0 Å². The molecule has 0 amide bonds. The van der Waals surface area contributed by atoms with Gasteiger partial charge < -0.3 is 29.8 Å². The maximum absolute atomic E-state index is 5.81. The second-order valence-corrected chi connectivity index (χ2v) is 23.5. The predicted molar refractivity (Wildman–Crippen MR) is 347 cm³/mol. The fourth-order valence-electron chi connectivity index (χ4n) is 12.8. The molecule has 0 aliphatic carbocycles. The normalized spacial score (nSPS) is 17.9. The number of aliphatic imine (C=N–C) groups is 1. The Morgan fingerprint density at radius 1 is 0.476 bits per heavy atom. The summed E-state index contributed by atoms with van der Waals surface area (Å²) in [4.78, 5) is 37.8. The van der Waals surface area contributed by atoms with Gasteiger partial charge in [-0.25, -0.2) is 19.9 Å². The van der Waals surface area contributed by atoms with Gasteiger partial charge in [-0.15, -0.1) is 0 Å². The van der Waals surface area contributed by atoms with E-state index in [0.717, 1.165) is 147 Å². The highest BCUT2D eigenvalue weighted by Gasteiger charge is 2.26. The topological polar surface area (TPSA) is 131 Å². The summed E-state index contributed by atoms with van der Waals surface area (Å²) in [6, 6.07) is 18.3. The van der Waals surface area contributed by atoms with E-state index >= 15 is 0 Å². The molecule has 6 aromatic heterocycles. The predicted octanol–water partition coefficient (Wildman–Crippen LogP) is 17.3. The van der Waals surface area contributed by atoms with E-state index in [9.17, 15) is 0 Å². The van der Waals surface area contributed by atoms with E-state index in [4.69, 9.17) is 15.0 Å². The van der Waals surface area contributed by atoms with E-state index in [-0.39, 0.29) is 6.04 Å². The van der Waals surface area contributed by atoms with Crippen LogP contribution in [0.5, 0.6) is 0 Å². The molecule has 11 heterocycles. The summed E-state index contributed by atoms with van der Waals surface area (Å²) >= 11 is 0. The lowest BCUT2D eigenvalue weighted by Gasteiger charge is -2.16. The van der Waals surface area contributed by atoms with Gasteiger partial charge >= 0.3 is 0 Å². The molecule has 5 aliphatic rings. The Hall–Kier alpha value is -7.46. The summed E-state index contributed by atoms with van der Waals surface area (Å²) in [6.45, 7) is 11.4. The Bertz CT molecular complexity index is 3740. The van der Waals surface area contributed by atoms with Crippen LogP contribution < -0.4 is 16.0 Å². The minimum Gasteiger partial charge on any atom is -0.375 e. The van der Waals surface area contributed by atoms with Crippen LogP contribution in [0, 0.1) is 0 Å². The number of fused-ring (bicyclic) bond motifs is 15. The van der Waals surface area contributed by atoms with Crippen molar-refractivity contribution in [3.05, 3.63) is 165 Å². The molecule has 426 valence electrons. The Balaban J connectivity index is 1.19. The second-order valence-electron chi connectivity index (χ2n) is 23.5. The van der Waals surface area contributed by atoms with Crippen molar-refractivity contribution in [2.24, 2.45) is 4.99 Å². The summed E-state index contributed by atoms with van der Waals surface area (Å²) in [5.41, 5.74) is 22.5. The van der Waals surface area contributed by atoms with Gasteiger partial charge in [-0.05, 0) is 160 Å². The zero-order valence-electron chi connectivity index (χ0n) is 49.8. The lowest BCUT2D eigenvalue weighted by Crippen LogP contribution is -2.28. The smallest absolute Gasteiger partial charge is 0.0993 e. The quantitative estimate of drug-likeness (QED) is 0.0346. The standard InChI is InChI=1S/C72H88N10/c1-6-10-14-18-22-26-50-56-32-30-54(74-56)49(5)55-31-33-57(75-55)51(27-23-19-15-11-7-2)59-35-41-65(77-59)70(64-40-34-58(50)76-64)71-66-42-36-60(78-66)52(28-24-20-16-12-8-3)62-38-44-68(80-62)72(82-47-46-73-48-82)69-45-39-63(81-69)53(29-25-21-17-13-9-4)61-37-43-67(71)79-61/h30-48,54,74-76,78,81H,6-29H2,1-5H3/b55-49?,56-50-,57-51-,60-52?,61-53?,62-52?,63-53?,70-65+,71-66?,71-67?,72-68?,72-69?/t54-/m1/s1. The van der Waals surface area contributed by atoms with Gasteiger partial charge in [0.2, 0.25) is 0 Å². The number of hydrogen-bond donors (Lipinski definition) is 5. The third kappa shape index (κ3) is 12.6. The van der Waals surface area contributed by atoms with Crippen LogP contribution in [-0.4, -0.2) is 51.2 Å². The molecule has 0 spiro atoms. The van der Waals surface area contributed by atoms with E-state index in [1.165, 1.54) is 136 Å². The van der Waals surface area contributed by atoms with Crippen LogP contribution in [0.1, 0.15) is 227 Å². The van der Waals surface area contributed by atoms with Crippen LogP contribution in [0.4, 0.5) is 0 Å². The molecular formula is C72H88N10. The maximum atomic E-state index is 5.81. The Labute approximate surface area is 486 Å². The summed E-state index contributed by atoms with van der Waals surface area (Å²) in [7, 11) is 0. The van der Waals surface area contributed by atoms with Gasteiger partial charge in [-0.1, -0.05) is 137 Å². The first-order chi connectivity index (χ1) is 40.4. The monoisotopic (exact) mass is 1090 g/mol. The molecule has 0 saturated heterocycles. The lowest BCUT2D eigenvalue weighted by atomic mass is 9.98. The second kappa shape index (κ2) is 27.1. The molecule has 82 heavy (non-hydrogen) atoms. The highest BCUT2D eigenvalue weighted by atomic mass is 15.0. The summed E-state index contributed by atoms with van der Waals surface area (Å²) in [5, 5.41) is 6.32. The molecule has 10 nitrogen and oxygen atoms in total. The van der Waals surface area contributed by atoms with Crippen molar-refractivity contribution in [1.82, 2.24) is 44.8 Å². The van der Waals surface area contributed by atoms with Crippen LogP contribution in [0.2, 0.25) is 0 Å². The average Bonchev–Trinajstić information content (AvgIpc) is 4.40. The molecular weight excluding hydrogens is 1000 g/mol. The number of aromatic nitrogens is 8. The Morgan fingerprint density at radius 2 is 1.04 bits per heavy atom. The van der Waals surface area contributed by atoms with Gasteiger partial charge in [0.15, 0.2) is 0 Å². The van der Waals surface area contributed by atoms with Crippen molar-refractivity contribution < 1.29 is 0 Å². The summed E-state index contributed by atoms with van der Waals surface area (Å²) < 4.78 is 2.10. The van der Waals surface area contributed by atoms with Crippen molar-refractivity contribution in [3.8, 4) is 5.69 Å². The van der Waals surface area contributed by atoms with Crippen LogP contribution in [0.15, 0.2) is 108 Å². The van der Waals surface area contributed by atoms with E-state index in [1.807, 2.05) is 18.7 Å². The first-order valence-corrected chi connectivity index (χ1v) is 31.8. The molecule has 0 fully saturated rings. The number of H-pyrrole nitrogens is 4. The summed E-state index contributed by atoms with van der Waals surface area (Å²) in [5.74, 6) is 0. The largest absolute Gasteiger partial charge is 0.375 e. The molecule has 0 saturated carbocycles. The number of aryl methyl sites for hydroxylation is 2. The van der Waals surface area contributed by atoms with Crippen LogP contribution in [-0.2, 0) is 12.8 Å². The fourth-order valence-corrected chi connectivity index (χ4v) is 12.8. The fraction of sp³-hybridized carbons (Fsp3) is 0.417. The summed E-state index contributed by atoms with van der Waals surface area (Å²) in [6.07, 6.45) is 51.6. The van der Waals surface area contributed by atoms with Crippen molar-refractivity contribution in [3.63, 3.8) is 0 Å². The first-order valence-electron chi connectivity index (χ1n) is 31.8. The molecule has 5 N–H and O–H groups in total. The van der Waals surface area contributed by atoms with Gasteiger partial charge in [0.05, 0.1) is 57.8 Å². The molecule has 0 radical (unpaired) electrons. The highest BCUT2D eigenvalue weighted by molar-refractivity contribution is 6.26. The van der Waals surface area contributed by atoms with Gasteiger partial charge in [-0.3, -0.25) is 0 Å². The number of hydrogen-bond acceptors (Lipinski definition) is 5. The van der Waals surface area contributed by atoms with Crippen molar-refractivity contribution >= 4 is 74.4 Å². The molecule has 0 unspecified atom stereocenters. The minimum absolute atomic E-state index is 0.0801. The van der Waals surface area contributed by atoms with Crippen molar-refractivity contribution in [1.29, 1.82) is 0 Å². The first kappa shape index (κ1) is 56.4. The van der Waals surface area contributed by atoms with Gasteiger partial charge in [0.25, 0.3) is 0 Å². The minimum atomic E-state index is 0.0801. The lowest BCUT2D eigenvalue weighted by molar-refractivity contribution is 0.632. The number of nitrogens with one attached hydrogen (secondary N) is 5. The van der Waals surface area contributed by atoms with Gasteiger partial charge in [-0.2, -0.15) is 0 Å². The maximum Gasteiger partial charge on any atom is 0.0993 e. The SMILES string of the molecule is CCCCCCC/C1=C2\C=C[C@@H](N2)C(C)=c2cc/c([nH]2)=C(\CCCCCCC)C2=N/C(=C(/c3c4nc(c(CCCCCCC)c5ccc([nH]5)c(-n5ccnc5)c5nc(c(CCCCCCC)c6ccc3[nH]6)C=C5)C=C4)c3ccc1[nH]3)C=C2. The number of unbranched alkanes of at least 4 members (excludes halogenated alkanes) is 16. The van der Waals surface area contributed by atoms with E-state index < -0.39 is 0 Å². The highest BCUT2D eigenvalue weighted by Crippen LogP contribution is 2.39. The Morgan fingerprint density at radius 3 is 1.70 bits per heavy atom.